The minimum Gasteiger partial charge on any atom is -0.393 e. The normalized spacial score (nSPS) is 24.3. The summed E-state index contributed by atoms with van der Waals surface area (Å²) in [5.41, 5.74) is 0. The fourth-order valence-corrected chi connectivity index (χ4v) is 2.39. The summed E-state index contributed by atoms with van der Waals surface area (Å²) in [6.45, 7) is 3.18. The third-order valence-corrected chi connectivity index (χ3v) is 3.40. The first-order valence-corrected chi connectivity index (χ1v) is 6.87. The lowest BCUT2D eigenvalue weighted by Crippen LogP contribution is -2.26. The second kappa shape index (κ2) is 6.85. The van der Waals surface area contributed by atoms with E-state index in [1.165, 1.54) is 6.42 Å². The van der Waals surface area contributed by atoms with E-state index in [2.05, 4.69) is 17.1 Å². The molecule has 0 amide bonds. The minimum atomic E-state index is -0.217. The Morgan fingerprint density at radius 3 is 3.00 bits per heavy atom. The minimum absolute atomic E-state index is 0.217. The van der Waals surface area contributed by atoms with Gasteiger partial charge in [-0.15, -0.1) is 0 Å². The van der Waals surface area contributed by atoms with Gasteiger partial charge >= 0.3 is 0 Å². The Morgan fingerprint density at radius 1 is 1.39 bits per heavy atom. The van der Waals surface area contributed by atoms with Gasteiger partial charge in [-0.05, 0) is 25.2 Å². The van der Waals surface area contributed by atoms with Crippen LogP contribution in [0, 0.1) is 5.92 Å². The van der Waals surface area contributed by atoms with Crippen molar-refractivity contribution >= 4 is 0 Å². The summed E-state index contributed by atoms with van der Waals surface area (Å²) in [7, 11) is 0. The summed E-state index contributed by atoms with van der Waals surface area (Å²) in [4.78, 5) is 4.30. The summed E-state index contributed by atoms with van der Waals surface area (Å²) in [6, 6.07) is 0. The molecule has 0 saturated heterocycles. The highest BCUT2D eigenvalue weighted by atomic mass is 16.5. The fourth-order valence-electron chi connectivity index (χ4n) is 2.39. The van der Waals surface area contributed by atoms with Crippen LogP contribution in [0.3, 0.4) is 0 Å². The molecular weight excluding hydrogens is 232 g/mol. The largest absolute Gasteiger partial charge is 0.393 e. The fraction of sp³-hybridized carbons (Fsp3) is 0.846. The smallest absolute Gasteiger partial charge is 0.227 e. The van der Waals surface area contributed by atoms with Crippen LogP contribution in [0.5, 0.6) is 0 Å². The molecule has 0 radical (unpaired) electrons. The number of hydrogen-bond donors (Lipinski definition) is 1. The topological polar surface area (TPSA) is 68.4 Å². The molecule has 1 N–H and O–H groups in total. The first kappa shape index (κ1) is 13.5. The molecule has 0 bridgehead atoms. The van der Waals surface area contributed by atoms with Crippen LogP contribution in [-0.2, 0) is 17.8 Å². The number of rotatable bonds is 6. The molecule has 1 aromatic rings. The third-order valence-electron chi connectivity index (χ3n) is 3.40. The van der Waals surface area contributed by atoms with Crippen molar-refractivity contribution < 1.29 is 14.4 Å². The van der Waals surface area contributed by atoms with Gasteiger partial charge in [0.25, 0.3) is 0 Å². The number of hydrogen-bond acceptors (Lipinski definition) is 5. The molecule has 1 heterocycles. The number of aliphatic hydroxyl groups excluding tert-OH is 1. The molecule has 5 heteroatoms. The molecule has 0 spiro atoms. The van der Waals surface area contributed by atoms with Crippen LogP contribution in [0.15, 0.2) is 4.52 Å². The van der Waals surface area contributed by atoms with E-state index in [0.717, 1.165) is 25.7 Å². The summed E-state index contributed by atoms with van der Waals surface area (Å²) in [6.07, 6.45) is 5.70. The van der Waals surface area contributed by atoms with Crippen molar-refractivity contribution in [3.8, 4) is 0 Å². The first-order chi connectivity index (χ1) is 8.79. The van der Waals surface area contributed by atoms with Crippen LogP contribution < -0.4 is 0 Å². The second-order valence-electron chi connectivity index (χ2n) is 4.97. The van der Waals surface area contributed by atoms with Gasteiger partial charge in [0.05, 0.1) is 6.10 Å². The first-order valence-electron chi connectivity index (χ1n) is 6.87. The van der Waals surface area contributed by atoms with E-state index in [4.69, 9.17) is 9.26 Å². The lowest BCUT2D eigenvalue weighted by atomic mass is 9.84. The molecule has 0 aliphatic heterocycles. The molecule has 2 unspecified atom stereocenters. The van der Waals surface area contributed by atoms with Crippen molar-refractivity contribution in [2.24, 2.45) is 5.92 Å². The van der Waals surface area contributed by atoms with Gasteiger partial charge in [-0.3, -0.25) is 0 Å². The van der Waals surface area contributed by atoms with E-state index in [-0.39, 0.29) is 12.0 Å². The van der Waals surface area contributed by atoms with Gasteiger partial charge in [-0.1, -0.05) is 24.9 Å². The molecule has 2 rings (SSSR count). The number of ether oxygens (including phenoxy) is 1. The molecule has 1 saturated carbocycles. The SMILES string of the molecule is CCCOCc1noc(CC2CCCCC2O)n1. The van der Waals surface area contributed by atoms with Crippen molar-refractivity contribution in [2.45, 2.75) is 58.2 Å². The quantitative estimate of drug-likeness (QED) is 0.787. The highest BCUT2D eigenvalue weighted by Crippen LogP contribution is 2.26. The number of aromatic nitrogens is 2. The van der Waals surface area contributed by atoms with E-state index < -0.39 is 0 Å². The second-order valence-corrected chi connectivity index (χ2v) is 4.97. The Balaban J connectivity index is 1.82. The van der Waals surface area contributed by atoms with Gasteiger partial charge < -0.3 is 14.4 Å². The predicted octanol–water partition coefficient (Wildman–Crippen LogP) is 2.09. The molecule has 1 aromatic heterocycles. The lowest BCUT2D eigenvalue weighted by Gasteiger charge is -2.26. The Hall–Kier alpha value is -0.940. The van der Waals surface area contributed by atoms with Gasteiger partial charge in [0.2, 0.25) is 5.89 Å². The lowest BCUT2D eigenvalue weighted by molar-refractivity contribution is 0.0656. The zero-order valence-corrected chi connectivity index (χ0v) is 11.0. The van der Waals surface area contributed by atoms with Gasteiger partial charge in [-0.2, -0.15) is 4.98 Å². The van der Waals surface area contributed by atoms with E-state index in [1.807, 2.05) is 0 Å². The molecule has 1 aliphatic rings. The summed E-state index contributed by atoms with van der Waals surface area (Å²) in [5.74, 6) is 1.49. The molecular formula is C13H22N2O3. The maximum Gasteiger partial charge on any atom is 0.227 e. The van der Waals surface area contributed by atoms with Crippen molar-refractivity contribution in [1.29, 1.82) is 0 Å². The predicted molar refractivity (Wildman–Crippen MR) is 65.9 cm³/mol. The van der Waals surface area contributed by atoms with Gasteiger partial charge in [0.15, 0.2) is 5.82 Å². The van der Waals surface area contributed by atoms with Crippen molar-refractivity contribution in [3.63, 3.8) is 0 Å². The van der Waals surface area contributed by atoms with Crippen LogP contribution in [0.4, 0.5) is 0 Å². The number of nitrogens with zero attached hydrogens (tertiary/aromatic N) is 2. The maximum atomic E-state index is 9.90. The molecule has 2 atom stereocenters. The van der Waals surface area contributed by atoms with E-state index in [9.17, 15) is 5.11 Å². The van der Waals surface area contributed by atoms with Crippen LogP contribution in [0.25, 0.3) is 0 Å². The molecule has 0 aromatic carbocycles. The zero-order chi connectivity index (χ0) is 12.8. The Morgan fingerprint density at radius 2 is 2.22 bits per heavy atom. The van der Waals surface area contributed by atoms with E-state index >= 15 is 0 Å². The van der Waals surface area contributed by atoms with Crippen molar-refractivity contribution in [2.75, 3.05) is 6.61 Å². The monoisotopic (exact) mass is 254 g/mol. The summed E-state index contributed by atoms with van der Waals surface area (Å²) >= 11 is 0. The Labute approximate surface area is 108 Å². The Bertz CT molecular complexity index is 354. The van der Waals surface area contributed by atoms with Crippen LogP contribution in [0.1, 0.15) is 50.7 Å². The third kappa shape index (κ3) is 3.78. The molecule has 5 nitrogen and oxygen atoms in total. The summed E-state index contributed by atoms with van der Waals surface area (Å²) < 4.78 is 10.6. The van der Waals surface area contributed by atoms with Crippen LogP contribution in [-0.4, -0.2) is 28.0 Å². The summed E-state index contributed by atoms with van der Waals surface area (Å²) in [5, 5.41) is 13.8. The van der Waals surface area contributed by atoms with Crippen LogP contribution in [0.2, 0.25) is 0 Å². The van der Waals surface area contributed by atoms with Crippen LogP contribution >= 0.6 is 0 Å². The molecule has 18 heavy (non-hydrogen) atoms. The molecule has 1 aliphatic carbocycles. The van der Waals surface area contributed by atoms with Gasteiger partial charge in [-0.25, -0.2) is 0 Å². The zero-order valence-electron chi connectivity index (χ0n) is 11.0. The van der Waals surface area contributed by atoms with Gasteiger partial charge in [0, 0.05) is 13.0 Å². The maximum absolute atomic E-state index is 9.90. The van der Waals surface area contributed by atoms with Crippen molar-refractivity contribution in [3.05, 3.63) is 11.7 Å². The van der Waals surface area contributed by atoms with E-state index in [0.29, 0.717) is 31.3 Å². The number of aliphatic hydroxyl groups is 1. The average Bonchev–Trinajstić information content (AvgIpc) is 2.80. The Kier molecular flexibility index (Phi) is 5.13. The highest BCUT2D eigenvalue weighted by molar-refractivity contribution is 4.89. The standard InChI is InChI=1S/C13H22N2O3/c1-2-7-17-9-12-14-13(18-15-12)8-10-5-3-4-6-11(10)16/h10-11,16H,2-9H2,1H3. The highest BCUT2D eigenvalue weighted by Gasteiger charge is 2.25. The average molecular weight is 254 g/mol. The van der Waals surface area contributed by atoms with E-state index in [1.54, 1.807) is 0 Å². The molecule has 102 valence electrons. The van der Waals surface area contributed by atoms with Crippen molar-refractivity contribution in [1.82, 2.24) is 10.1 Å². The molecule has 1 fully saturated rings. The van der Waals surface area contributed by atoms with Gasteiger partial charge in [0.1, 0.15) is 6.61 Å².